The minimum absolute atomic E-state index is 0.103. The summed E-state index contributed by atoms with van der Waals surface area (Å²) >= 11 is 0. The van der Waals surface area contributed by atoms with Crippen LogP contribution in [-0.2, 0) is 27.7 Å². The number of sulfone groups is 1. The second-order valence-electron chi connectivity index (χ2n) is 6.98. The molecule has 0 fully saturated rings. The molecule has 0 saturated carbocycles. The van der Waals surface area contributed by atoms with Crippen LogP contribution in [0.2, 0.25) is 0 Å². The van der Waals surface area contributed by atoms with Gasteiger partial charge in [0.25, 0.3) is 0 Å². The second-order valence-corrected chi connectivity index (χ2v) is 8.99. The summed E-state index contributed by atoms with van der Waals surface area (Å²) in [5.41, 5.74) is 0.604. The first-order valence-corrected chi connectivity index (χ1v) is 9.80. The van der Waals surface area contributed by atoms with E-state index in [4.69, 9.17) is 4.74 Å². The summed E-state index contributed by atoms with van der Waals surface area (Å²) in [6.07, 6.45) is 1.60. The predicted molar refractivity (Wildman–Crippen MR) is 92.4 cm³/mol. The largest absolute Gasteiger partial charge is 0.444 e. The maximum absolute atomic E-state index is 12.3. The molecule has 0 spiro atoms. The molecule has 0 saturated heterocycles. The van der Waals surface area contributed by atoms with Gasteiger partial charge < -0.3 is 9.84 Å². The van der Waals surface area contributed by atoms with Crippen LogP contribution < -0.4 is 0 Å². The number of amides is 1. The van der Waals surface area contributed by atoms with Crippen molar-refractivity contribution in [3.8, 4) is 0 Å². The number of β-amino-alcohol motifs (C(OH)–C–C–N with tert-alkyl or cyclic N) is 1. The number of hydrogen-bond donors (Lipinski definition) is 1. The van der Waals surface area contributed by atoms with E-state index in [0.29, 0.717) is 11.3 Å². The Hall–Kier alpha value is -1.87. The molecule has 25 heavy (non-hydrogen) atoms. The number of aliphatic hydroxyl groups is 1. The Bertz CT molecular complexity index is 761. The summed E-state index contributed by atoms with van der Waals surface area (Å²) < 4.78 is 30.5. The molecule has 1 aromatic rings. The van der Waals surface area contributed by atoms with E-state index < -0.39 is 27.6 Å². The van der Waals surface area contributed by atoms with Gasteiger partial charge in [-0.2, -0.15) is 5.10 Å². The first kappa shape index (κ1) is 19.5. The van der Waals surface area contributed by atoms with E-state index >= 15 is 0 Å². The molecule has 0 bridgehead atoms. The molecule has 1 aliphatic rings. The lowest BCUT2D eigenvalue weighted by molar-refractivity contribution is 0.00753. The molecule has 1 atom stereocenters. The minimum Gasteiger partial charge on any atom is -0.444 e. The number of aliphatic hydroxyl groups excluding tert-OH is 1. The maximum Gasteiger partial charge on any atom is 0.410 e. The highest BCUT2D eigenvalue weighted by Crippen LogP contribution is 2.27. The lowest BCUT2D eigenvalue weighted by atomic mass is 10.1. The molecule has 0 radical (unpaired) electrons. The fraction of sp³-hybridized carbons (Fsp3) is 0.625. The average molecular weight is 371 g/mol. The molecular formula is C16H25N3O5S. The number of nitrogens with zero attached hydrogens (tertiary/aromatic N) is 3. The monoisotopic (exact) mass is 371 g/mol. The van der Waals surface area contributed by atoms with Gasteiger partial charge in [-0.15, -0.1) is 0 Å². The normalized spacial score (nSPS) is 18.4. The van der Waals surface area contributed by atoms with Crippen molar-refractivity contribution in [1.82, 2.24) is 14.7 Å². The number of fused-ring (bicyclic) bond motifs is 1. The quantitative estimate of drug-likeness (QED) is 0.863. The summed E-state index contributed by atoms with van der Waals surface area (Å²) in [5, 5.41) is 15.6. The third kappa shape index (κ3) is 5.05. The van der Waals surface area contributed by atoms with E-state index in [0.717, 1.165) is 5.41 Å². The number of carbonyl (C=O) groups is 1. The van der Waals surface area contributed by atoms with Gasteiger partial charge in [-0.1, -0.05) is 6.08 Å². The molecule has 1 unspecified atom stereocenters. The SMILES string of the molecule is C/C=C\S(=O)(=O)CCn1ncc2c1CN(C(=O)OC(C)(C)C)CC2O. The van der Waals surface area contributed by atoms with Crippen LogP contribution in [0.15, 0.2) is 17.7 Å². The number of allylic oxidation sites excluding steroid dienone is 1. The lowest BCUT2D eigenvalue weighted by Crippen LogP contribution is -2.42. The number of aromatic nitrogens is 2. The summed E-state index contributed by atoms with van der Waals surface area (Å²) in [7, 11) is -3.31. The van der Waals surface area contributed by atoms with Gasteiger partial charge in [0.1, 0.15) is 11.7 Å². The molecule has 2 rings (SSSR count). The number of ether oxygens (including phenoxy) is 1. The van der Waals surface area contributed by atoms with Crippen LogP contribution in [0, 0.1) is 0 Å². The van der Waals surface area contributed by atoms with E-state index in [2.05, 4.69) is 5.10 Å². The van der Waals surface area contributed by atoms with Gasteiger partial charge >= 0.3 is 6.09 Å². The number of hydrogen-bond acceptors (Lipinski definition) is 6. The highest BCUT2D eigenvalue weighted by Gasteiger charge is 2.32. The standard InChI is InChI=1S/C16H25N3O5S/c1-5-7-25(22,23)8-6-19-13-10-18(15(21)24-16(2,3)4)11-14(20)12(13)9-17-19/h5,7,9,14,20H,6,8,10-11H2,1-4H3/b7-5-. The molecule has 1 aromatic heterocycles. The fourth-order valence-electron chi connectivity index (χ4n) is 2.58. The van der Waals surface area contributed by atoms with E-state index in [1.807, 2.05) is 0 Å². The zero-order valence-electron chi connectivity index (χ0n) is 15.0. The maximum atomic E-state index is 12.3. The molecule has 1 aliphatic heterocycles. The van der Waals surface area contributed by atoms with Gasteiger partial charge in [0.15, 0.2) is 9.84 Å². The highest BCUT2D eigenvalue weighted by atomic mass is 32.2. The zero-order valence-corrected chi connectivity index (χ0v) is 15.8. The molecule has 9 heteroatoms. The van der Waals surface area contributed by atoms with Crippen molar-refractivity contribution >= 4 is 15.9 Å². The third-order valence-corrected chi connectivity index (χ3v) is 5.10. The first-order chi connectivity index (χ1) is 11.5. The Balaban J connectivity index is 2.16. The van der Waals surface area contributed by atoms with Crippen LogP contribution in [0.3, 0.4) is 0 Å². The average Bonchev–Trinajstić information content (AvgIpc) is 2.87. The molecule has 0 aliphatic carbocycles. The Morgan fingerprint density at radius 3 is 2.76 bits per heavy atom. The van der Waals surface area contributed by atoms with Crippen molar-refractivity contribution in [3.63, 3.8) is 0 Å². The van der Waals surface area contributed by atoms with E-state index in [-0.39, 0.29) is 25.4 Å². The summed E-state index contributed by atoms with van der Waals surface area (Å²) in [4.78, 5) is 13.7. The topological polar surface area (TPSA) is 102 Å². The fourth-order valence-corrected chi connectivity index (χ4v) is 3.55. The van der Waals surface area contributed by atoms with Gasteiger partial charge in [-0.25, -0.2) is 13.2 Å². The molecule has 1 N–H and O–H groups in total. The molecular weight excluding hydrogens is 346 g/mol. The Morgan fingerprint density at radius 1 is 1.48 bits per heavy atom. The molecule has 8 nitrogen and oxygen atoms in total. The lowest BCUT2D eigenvalue weighted by Gasteiger charge is -2.32. The summed E-state index contributed by atoms with van der Waals surface area (Å²) in [6.45, 7) is 7.43. The van der Waals surface area contributed by atoms with Gasteiger partial charge in [-0.05, 0) is 27.7 Å². The van der Waals surface area contributed by atoms with E-state index in [1.54, 1.807) is 27.7 Å². The smallest absolute Gasteiger partial charge is 0.410 e. The molecule has 2 heterocycles. The predicted octanol–water partition coefficient (Wildman–Crippen LogP) is 1.62. The van der Waals surface area contributed by atoms with Crippen LogP contribution in [0.1, 0.15) is 45.1 Å². The summed E-state index contributed by atoms with van der Waals surface area (Å²) in [5.74, 6) is -0.103. The summed E-state index contributed by atoms with van der Waals surface area (Å²) in [6, 6.07) is 0. The van der Waals surface area contributed by atoms with Crippen LogP contribution in [-0.4, -0.2) is 52.2 Å². The second kappa shape index (κ2) is 7.17. The van der Waals surface area contributed by atoms with Crippen molar-refractivity contribution in [2.75, 3.05) is 12.3 Å². The molecule has 0 aromatic carbocycles. The van der Waals surface area contributed by atoms with E-state index in [9.17, 15) is 18.3 Å². The highest BCUT2D eigenvalue weighted by molar-refractivity contribution is 7.94. The van der Waals surface area contributed by atoms with Gasteiger partial charge in [0.05, 0.1) is 37.3 Å². The van der Waals surface area contributed by atoms with Crippen molar-refractivity contribution in [2.24, 2.45) is 0 Å². The Morgan fingerprint density at radius 2 is 2.16 bits per heavy atom. The van der Waals surface area contributed by atoms with Crippen LogP contribution >= 0.6 is 0 Å². The van der Waals surface area contributed by atoms with Crippen molar-refractivity contribution in [2.45, 2.75) is 52.5 Å². The Kier molecular flexibility index (Phi) is 5.58. The number of aryl methyl sites for hydroxylation is 1. The Labute approximate surface area is 148 Å². The molecule has 1 amide bonds. The number of carbonyl (C=O) groups excluding carboxylic acids is 1. The van der Waals surface area contributed by atoms with Crippen LogP contribution in [0.25, 0.3) is 0 Å². The zero-order chi connectivity index (χ0) is 18.8. The van der Waals surface area contributed by atoms with Gasteiger partial charge in [0.2, 0.25) is 0 Å². The van der Waals surface area contributed by atoms with Crippen LogP contribution in [0.4, 0.5) is 4.79 Å². The first-order valence-electron chi connectivity index (χ1n) is 8.08. The van der Waals surface area contributed by atoms with Crippen molar-refractivity contribution in [3.05, 3.63) is 28.9 Å². The van der Waals surface area contributed by atoms with Crippen molar-refractivity contribution < 1.29 is 23.1 Å². The van der Waals surface area contributed by atoms with Crippen LogP contribution in [0.5, 0.6) is 0 Å². The molecule has 140 valence electrons. The minimum atomic E-state index is -3.31. The van der Waals surface area contributed by atoms with Crippen molar-refractivity contribution in [1.29, 1.82) is 0 Å². The van der Waals surface area contributed by atoms with Gasteiger partial charge in [-0.3, -0.25) is 9.58 Å². The third-order valence-electron chi connectivity index (χ3n) is 3.66. The van der Waals surface area contributed by atoms with E-state index in [1.165, 1.54) is 21.9 Å². The number of rotatable bonds is 4. The van der Waals surface area contributed by atoms with Gasteiger partial charge in [0, 0.05) is 11.0 Å².